The standard InChI is InChI=1S/C8H16BrNOS/c1-3-4-7(11)5-10(2)6-8(9)12/h6-7,11-12H,3-5H2,1-2H3/b8-6-/t7-/m0/s1. The van der Waals surface area contributed by atoms with Gasteiger partial charge in [0.1, 0.15) is 0 Å². The third kappa shape index (κ3) is 7.00. The Hall–Kier alpha value is 0.330. The normalized spacial score (nSPS) is 14.6. The molecule has 0 aliphatic heterocycles. The Balaban J connectivity index is 3.68. The van der Waals surface area contributed by atoms with E-state index in [1.165, 1.54) is 0 Å². The fraction of sp³-hybridized carbons (Fsp3) is 0.750. The summed E-state index contributed by atoms with van der Waals surface area (Å²) in [6.07, 6.45) is 3.46. The Bertz CT molecular complexity index is 148. The van der Waals surface area contributed by atoms with Gasteiger partial charge in [-0.05, 0) is 22.4 Å². The number of aliphatic hydroxyl groups is 1. The van der Waals surface area contributed by atoms with Crippen LogP contribution < -0.4 is 0 Å². The smallest absolute Gasteiger partial charge is 0.0714 e. The first-order valence-electron chi connectivity index (χ1n) is 4.00. The molecule has 0 aliphatic rings. The molecule has 0 amide bonds. The SMILES string of the molecule is CCC[C@H](O)CN(C)/C=C(\S)Br. The van der Waals surface area contributed by atoms with Crippen molar-refractivity contribution in [1.82, 2.24) is 4.90 Å². The van der Waals surface area contributed by atoms with Gasteiger partial charge < -0.3 is 10.0 Å². The first-order chi connectivity index (χ1) is 5.56. The van der Waals surface area contributed by atoms with Gasteiger partial charge in [0.05, 0.1) is 9.92 Å². The van der Waals surface area contributed by atoms with Gasteiger partial charge in [0, 0.05) is 19.8 Å². The van der Waals surface area contributed by atoms with Crippen LogP contribution in [0.15, 0.2) is 10.0 Å². The molecule has 0 aromatic heterocycles. The predicted octanol–water partition coefficient (Wildman–Crippen LogP) is 2.20. The van der Waals surface area contributed by atoms with Gasteiger partial charge in [0.25, 0.3) is 0 Å². The highest BCUT2D eigenvalue weighted by molar-refractivity contribution is 9.13. The summed E-state index contributed by atoms with van der Waals surface area (Å²) in [5, 5.41) is 9.42. The van der Waals surface area contributed by atoms with Crippen LogP contribution in [0.25, 0.3) is 0 Å². The number of hydrogen-bond donors (Lipinski definition) is 2. The number of halogens is 1. The molecule has 12 heavy (non-hydrogen) atoms. The van der Waals surface area contributed by atoms with Crippen molar-refractivity contribution in [2.45, 2.75) is 25.9 Å². The molecule has 0 fully saturated rings. The van der Waals surface area contributed by atoms with Gasteiger partial charge >= 0.3 is 0 Å². The maximum Gasteiger partial charge on any atom is 0.0714 e. The van der Waals surface area contributed by atoms with Gasteiger partial charge in [0.2, 0.25) is 0 Å². The van der Waals surface area contributed by atoms with Crippen molar-refractivity contribution in [3.8, 4) is 0 Å². The molecule has 1 atom stereocenters. The van der Waals surface area contributed by atoms with Crippen LogP contribution in [0, 0.1) is 0 Å². The van der Waals surface area contributed by atoms with E-state index >= 15 is 0 Å². The zero-order valence-electron chi connectivity index (χ0n) is 7.50. The van der Waals surface area contributed by atoms with Crippen molar-refractivity contribution >= 4 is 28.6 Å². The zero-order chi connectivity index (χ0) is 9.56. The topological polar surface area (TPSA) is 23.5 Å². The van der Waals surface area contributed by atoms with Crippen LogP contribution >= 0.6 is 28.6 Å². The summed E-state index contributed by atoms with van der Waals surface area (Å²) in [5.41, 5.74) is 0. The lowest BCUT2D eigenvalue weighted by Crippen LogP contribution is -2.24. The molecule has 0 saturated carbocycles. The molecule has 1 N–H and O–H groups in total. The summed E-state index contributed by atoms with van der Waals surface area (Å²) in [6.45, 7) is 2.72. The second-order valence-corrected chi connectivity index (χ2v) is 4.78. The minimum absolute atomic E-state index is 0.239. The molecule has 0 radical (unpaired) electrons. The number of aliphatic hydroxyl groups excluding tert-OH is 1. The Labute approximate surface area is 88.2 Å². The van der Waals surface area contributed by atoms with E-state index in [2.05, 4.69) is 35.5 Å². The van der Waals surface area contributed by atoms with E-state index in [-0.39, 0.29) is 6.10 Å². The van der Waals surface area contributed by atoms with Crippen LogP contribution in [0.1, 0.15) is 19.8 Å². The lowest BCUT2D eigenvalue weighted by atomic mass is 10.2. The Morgan fingerprint density at radius 2 is 2.33 bits per heavy atom. The average molecular weight is 254 g/mol. The van der Waals surface area contributed by atoms with E-state index in [4.69, 9.17) is 0 Å². The van der Waals surface area contributed by atoms with E-state index in [1.54, 1.807) is 0 Å². The molecule has 0 aromatic carbocycles. The molecule has 0 aliphatic carbocycles. The van der Waals surface area contributed by atoms with Crippen molar-refractivity contribution < 1.29 is 5.11 Å². The Morgan fingerprint density at radius 3 is 2.75 bits per heavy atom. The van der Waals surface area contributed by atoms with Crippen LogP contribution in [0.2, 0.25) is 0 Å². The highest BCUT2D eigenvalue weighted by atomic mass is 79.9. The highest BCUT2D eigenvalue weighted by Crippen LogP contribution is 2.10. The summed E-state index contributed by atoms with van der Waals surface area (Å²) in [6, 6.07) is 0. The quantitative estimate of drug-likeness (QED) is 0.735. The van der Waals surface area contributed by atoms with Crippen LogP contribution in [0.5, 0.6) is 0 Å². The van der Waals surface area contributed by atoms with Crippen LogP contribution in [0.3, 0.4) is 0 Å². The molecule has 0 bridgehead atoms. The van der Waals surface area contributed by atoms with Gasteiger partial charge in [0.15, 0.2) is 0 Å². The number of thiol groups is 1. The second-order valence-electron chi connectivity index (χ2n) is 2.83. The van der Waals surface area contributed by atoms with Gasteiger partial charge in [-0.25, -0.2) is 0 Å². The van der Waals surface area contributed by atoms with Crippen molar-refractivity contribution in [2.75, 3.05) is 13.6 Å². The lowest BCUT2D eigenvalue weighted by molar-refractivity contribution is 0.134. The summed E-state index contributed by atoms with van der Waals surface area (Å²) in [4.78, 5) is 1.91. The molecular weight excluding hydrogens is 238 g/mol. The minimum Gasteiger partial charge on any atom is -0.391 e. The van der Waals surface area contributed by atoms with Gasteiger partial charge in [-0.1, -0.05) is 13.3 Å². The van der Waals surface area contributed by atoms with E-state index < -0.39 is 0 Å². The largest absolute Gasteiger partial charge is 0.391 e. The molecule has 2 nitrogen and oxygen atoms in total. The maximum absolute atomic E-state index is 9.42. The summed E-state index contributed by atoms with van der Waals surface area (Å²) in [5.74, 6) is 0. The van der Waals surface area contributed by atoms with Gasteiger partial charge in [-0.3, -0.25) is 0 Å². The number of likely N-dealkylation sites (N-methyl/N-ethyl adjacent to an activating group) is 1. The molecule has 0 heterocycles. The number of hydrogen-bond acceptors (Lipinski definition) is 3. The Morgan fingerprint density at radius 1 is 1.75 bits per heavy atom. The van der Waals surface area contributed by atoms with Crippen molar-refractivity contribution in [1.29, 1.82) is 0 Å². The summed E-state index contributed by atoms with van der Waals surface area (Å²) in [7, 11) is 1.91. The van der Waals surface area contributed by atoms with Gasteiger partial charge in [-0.15, -0.1) is 12.6 Å². The van der Waals surface area contributed by atoms with E-state index in [1.807, 2.05) is 18.1 Å². The van der Waals surface area contributed by atoms with E-state index in [0.29, 0.717) is 6.54 Å². The van der Waals surface area contributed by atoms with Crippen molar-refractivity contribution in [2.24, 2.45) is 0 Å². The molecule has 0 saturated heterocycles. The molecular formula is C8H16BrNOS. The van der Waals surface area contributed by atoms with Crippen molar-refractivity contribution in [3.63, 3.8) is 0 Å². The first kappa shape index (κ1) is 12.3. The molecule has 0 aromatic rings. The molecule has 0 spiro atoms. The van der Waals surface area contributed by atoms with Crippen LogP contribution in [-0.2, 0) is 0 Å². The Kier molecular flexibility index (Phi) is 6.99. The fourth-order valence-corrected chi connectivity index (χ4v) is 1.54. The van der Waals surface area contributed by atoms with E-state index in [9.17, 15) is 5.11 Å². The first-order valence-corrected chi connectivity index (χ1v) is 5.24. The monoisotopic (exact) mass is 253 g/mol. The van der Waals surface area contributed by atoms with Gasteiger partial charge in [-0.2, -0.15) is 0 Å². The molecule has 4 heteroatoms. The van der Waals surface area contributed by atoms with Crippen LogP contribution in [-0.4, -0.2) is 29.7 Å². The molecule has 0 rings (SSSR count). The fourth-order valence-electron chi connectivity index (χ4n) is 0.991. The zero-order valence-corrected chi connectivity index (χ0v) is 9.98. The summed E-state index contributed by atoms with van der Waals surface area (Å²) < 4.78 is 0.772. The van der Waals surface area contributed by atoms with E-state index in [0.717, 1.165) is 16.7 Å². The minimum atomic E-state index is -0.239. The third-order valence-electron chi connectivity index (χ3n) is 1.45. The third-order valence-corrected chi connectivity index (χ3v) is 1.77. The number of rotatable bonds is 5. The summed E-state index contributed by atoms with van der Waals surface area (Å²) >= 11 is 7.27. The maximum atomic E-state index is 9.42. The second kappa shape index (κ2) is 6.80. The lowest BCUT2D eigenvalue weighted by Gasteiger charge is -2.18. The molecule has 72 valence electrons. The number of nitrogens with zero attached hydrogens (tertiary/aromatic N) is 1. The van der Waals surface area contributed by atoms with Crippen LogP contribution in [0.4, 0.5) is 0 Å². The highest BCUT2D eigenvalue weighted by Gasteiger charge is 2.03. The van der Waals surface area contributed by atoms with Crippen molar-refractivity contribution in [3.05, 3.63) is 10.0 Å². The average Bonchev–Trinajstić information content (AvgIpc) is 1.84. The molecule has 0 unspecified atom stereocenters. The predicted molar refractivity (Wildman–Crippen MR) is 59.5 cm³/mol.